The Morgan fingerprint density at radius 2 is 1.12 bits per heavy atom. The second kappa shape index (κ2) is 10.3. The molecule has 0 saturated heterocycles. The third kappa shape index (κ3) is 3.48. The van der Waals surface area contributed by atoms with Crippen molar-refractivity contribution in [3.63, 3.8) is 0 Å². The first-order valence-electron chi connectivity index (χ1n) is 17.9. The summed E-state index contributed by atoms with van der Waals surface area (Å²) >= 11 is 1.83. The standard InChI is InChI=1S/C49H29NOS/c1-3-15-30(16-4-1)49(31-17-5-2-6-18-31)38-23-11-7-19-33(38)34-28-27-32(29-39(34)49)50-40-24-12-8-20-35(40)43-44-36-21-9-13-25-41(36)51-47(44)48-45(46(43)50)37-22-10-14-26-42(37)52-48/h1-29H. The third-order valence-electron chi connectivity index (χ3n) is 11.5. The molecule has 0 unspecified atom stereocenters. The van der Waals surface area contributed by atoms with Gasteiger partial charge in [-0.25, -0.2) is 0 Å². The van der Waals surface area contributed by atoms with Crippen LogP contribution < -0.4 is 0 Å². The van der Waals surface area contributed by atoms with E-state index in [9.17, 15) is 0 Å². The van der Waals surface area contributed by atoms with Gasteiger partial charge in [0.2, 0.25) is 0 Å². The summed E-state index contributed by atoms with van der Waals surface area (Å²) in [4.78, 5) is 0. The Bertz CT molecular complexity index is 3200. The molecule has 0 saturated carbocycles. The van der Waals surface area contributed by atoms with Crippen molar-refractivity contribution in [3.8, 4) is 16.8 Å². The van der Waals surface area contributed by atoms with Gasteiger partial charge in [0.05, 0.1) is 21.1 Å². The molecule has 0 N–H and O–H groups in total. The predicted molar refractivity (Wildman–Crippen MR) is 218 cm³/mol. The summed E-state index contributed by atoms with van der Waals surface area (Å²) in [5.74, 6) is 0. The van der Waals surface area contributed by atoms with E-state index >= 15 is 0 Å². The van der Waals surface area contributed by atoms with Crippen LogP contribution in [0, 0.1) is 0 Å². The largest absolute Gasteiger partial charge is 0.455 e. The molecule has 1 aliphatic carbocycles. The second-order valence-corrected chi connectivity index (χ2v) is 15.0. The number of furan rings is 1. The number of hydrogen-bond donors (Lipinski definition) is 0. The Morgan fingerprint density at radius 1 is 0.481 bits per heavy atom. The number of aromatic nitrogens is 1. The number of nitrogens with zero attached hydrogens (tertiary/aromatic N) is 1. The molecule has 1 aliphatic rings. The SMILES string of the molecule is c1ccc(C2(c3ccccc3)c3ccccc3-c3ccc(-n4c5ccccc5c5c6c7ccccc7oc6c6sc7ccccc7c6c54)cc32)cc1. The Labute approximate surface area is 303 Å². The molecule has 52 heavy (non-hydrogen) atoms. The molecule has 0 atom stereocenters. The smallest absolute Gasteiger partial charge is 0.154 e. The van der Waals surface area contributed by atoms with Crippen molar-refractivity contribution in [3.05, 3.63) is 198 Å². The maximum absolute atomic E-state index is 6.79. The summed E-state index contributed by atoms with van der Waals surface area (Å²) in [5.41, 5.74) is 12.7. The fourth-order valence-corrected chi connectivity index (χ4v) is 10.7. The minimum Gasteiger partial charge on any atom is -0.455 e. The monoisotopic (exact) mass is 679 g/mol. The van der Waals surface area contributed by atoms with Crippen LogP contribution in [0.25, 0.3) is 80.7 Å². The Kier molecular flexibility index (Phi) is 5.62. The van der Waals surface area contributed by atoms with Crippen LogP contribution >= 0.6 is 11.3 Å². The summed E-state index contributed by atoms with van der Waals surface area (Å²) < 4.78 is 11.8. The highest BCUT2D eigenvalue weighted by atomic mass is 32.1. The number of rotatable bonds is 3. The zero-order chi connectivity index (χ0) is 34.0. The van der Waals surface area contributed by atoms with Crippen molar-refractivity contribution in [1.29, 1.82) is 0 Å². The highest BCUT2D eigenvalue weighted by Gasteiger charge is 2.46. The minimum atomic E-state index is -0.484. The highest BCUT2D eigenvalue weighted by molar-refractivity contribution is 7.26. The number of fused-ring (bicyclic) bond motifs is 15. The summed E-state index contributed by atoms with van der Waals surface area (Å²) in [7, 11) is 0. The van der Waals surface area contributed by atoms with Crippen molar-refractivity contribution >= 4 is 75.3 Å². The lowest BCUT2D eigenvalue weighted by Gasteiger charge is -2.34. The topological polar surface area (TPSA) is 18.1 Å². The molecule has 0 radical (unpaired) electrons. The highest BCUT2D eigenvalue weighted by Crippen LogP contribution is 2.57. The van der Waals surface area contributed by atoms with Gasteiger partial charge in [-0.05, 0) is 63.7 Å². The Hall–Kier alpha value is -6.42. The van der Waals surface area contributed by atoms with E-state index in [-0.39, 0.29) is 0 Å². The fourth-order valence-electron chi connectivity index (χ4n) is 9.46. The van der Waals surface area contributed by atoms with Gasteiger partial charge >= 0.3 is 0 Å². The van der Waals surface area contributed by atoms with Gasteiger partial charge in [0.15, 0.2) is 5.58 Å². The van der Waals surface area contributed by atoms with E-state index in [0.29, 0.717) is 0 Å². The molecule has 0 aliphatic heterocycles. The molecule has 3 aromatic heterocycles. The van der Waals surface area contributed by atoms with Crippen LogP contribution in [0.2, 0.25) is 0 Å². The lowest BCUT2D eigenvalue weighted by molar-refractivity contribution is 0.673. The predicted octanol–water partition coefficient (Wildman–Crippen LogP) is 13.4. The first kappa shape index (κ1) is 28.3. The van der Waals surface area contributed by atoms with Gasteiger partial charge in [0.1, 0.15) is 5.58 Å². The van der Waals surface area contributed by atoms with Crippen molar-refractivity contribution < 1.29 is 4.42 Å². The van der Waals surface area contributed by atoms with Gasteiger partial charge < -0.3 is 8.98 Å². The van der Waals surface area contributed by atoms with Crippen LogP contribution in [-0.2, 0) is 5.41 Å². The van der Waals surface area contributed by atoms with E-state index in [2.05, 4.69) is 180 Å². The quantitative estimate of drug-likeness (QED) is 0.182. The van der Waals surface area contributed by atoms with E-state index < -0.39 is 5.41 Å². The average Bonchev–Trinajstić information content (AvgIpc) is 3.95. The van der Waals surface area contributed by atoms with Gasteiger partial charge in [-0.2, -0.15) is 0 Å². The first-order valence-corrected chi connectivity index (χ1v) is 18.7. The van der Waals surface area contributed by atoms with Crippen LogP contribution in [0.15, 0.2) is 180 Å². The number of hydrogen-bond acceptors (Lipinski definition) is 2. The Balaban J connectivity index is 1.29. The summed E-state index contributed by atoms with van der Waals surface area (Å²) in [6.07, 6.45) is 0. The van der Waals surface area contributed by atoms with E-state index in [1.165, 1.54) is 80.7 Å². The lowest BCUT2D eigenvalue weighted by Crippen LogP contribution is -2.28. The molecule has 11 aromatic rings. The van der Waals surface area contributed by atoms with E-state index in [1.54, 1.807) is 0 Å². The summed E-state index contributed by atoms with van der Waals surface area (Å²) in [5, 5.41) is 7.33. The van der Waals surface area contributed by atoms with Crippen LogP contribution in [0.5, 0.6) is 0 Å². The van der Waals surface area contributed by atoms with Crippen molar-refractivity contribution in [2.45, 2.75) is 5.41 Å². The van der Waals surface area contributed by atoms with Gasteiger partial charge in [-0.3, -0.25) is 0 Å². The van der Waals surface area contributed by atoms with Crippen molar-refractivity contribution in [2.24, 2.45) is 0 Å². The molecule has 8 aromatic carbocycles. The molecular formula is C49H29NOS. The lowest BCUT2D eigenvalue weighted by atomic mass is 9.67. The molecule has 12 rings (SSSR count). The summed E-state index contributed by atoms with van der Waals surface area (Å²) in [6.45, 7) is 0. The minimum absolute atomic E-state index is 0.484. The number of para-hydroxylation sites is 2. The molecular weight excluding hydrogens is 651 g/mol. The van der Waals surface area contributed by atoms with E-state index in [0.717, 1.165) is 22.2 Å². The molecule has 242 valence electrons. The van der Waals surface area contributed by atoms with Crippen LogP contribution in [0.3, 0.4) is 0 Å². The molecule has 0 bridgehead atoms. The average molecular weight is 680 g/mol. The molecule has 2 nitrogen and oxygen atoms in total. The van der Waals surface area contributed by atoms with Gasteiger partial charge in [-0.1, -0.05) is 146 Å². The van der Waals surface area contributed by atoms with Gasteiger partial charge in [0, 0.05) is 42.7 Å². The molecule has 3 heteroatoms. The molecule has 0 spiro atoms. The normalized spacial score (nSPS) is 13.5. The Morgan fingerprint density at radius 3 is 1.92 bits per heavy atom. The zero-order valence-corrected chi connectivity index (χ0v) is 28.8. The molecule has 0 fully saturated rings. The number of thiophene rings is 1. The van der Waals surface area contributed by atoms with Crippen LogP contribution in [0.1, 0.15) is 22.3 Å². The van der Waals surface area contributed by atoms with Crippen molar-refractivity contribution in [1.82, 2.24) is 4.57 Å². The number of benzene rings is 8. The molecule has 0 amide bonds. The van der Waals surface area contributed by atoms with Crippen LogP contribution in [0.4, 0.5) is 0 Å². The zero-order valence-electron chi connectivity index (χ0n) is 28.0. The second-order valence-electron chi connectivity index (χ2n) is 13.9. The van der Waals surface area contributed by atoms with Gasteiger partial charge in [-0.15, -0.1) is 11.3 Å². The summed E-state index contributed by atoms with van der Waals surface area (Å²) in [6, 6.07) is 64.6. The fraction of sp³-hybridized carbons (Fsp3) is 0.0204. The van der Waals surface area contributed by atoms with E-state index in [1.807, 2.05) is 11.3 Å². The first-order chi connectivity index (χ1) is 25.8. The van der Waals surface area contributed by atoms with E-state index in [4.69, 9.17) is 4.42 Å². The maximum Gasteiger partial charge on any atom is 0.154 e. The molecule has 3 heterocycles. The van der Waals surface area contributed by atoms with Gasteiger partial charge in [0.25, 0.3) is 0 Å². The van der Waals surface area contributed by atoms with Crippen molar-refractivity contribution in [2.75, 3.05) is 0 Å². The third-order valence-corrected chi connectivity index (χ3v) is 12.6. The maximum atomic E-state index is 6.79. The van der Waals surface area contributed by atoms with Crippen LogP contribution in [-0.4, -0.2) is 4.57 Å².